The van der Waals surface area contributed by atoms with Gasteiger partial charge in [0.1, 0.15) is 10.7 Å². The fourth-order valence-electron chi connectivity index (χ4n) is 1.66. The van der Waals surface area contributed by atoms with Crippen molar-refractivity contribution in [1.82, 2.24) is 9.29 Å². The van der Waals surface area contributed by atoms with E-state index in [0.717, 1.165) is 31.3 Å². The van der Waals surface area contributed by atoms with E-state index in [1.807, 2.05) is 0 Å². The lowest BCUT2D eigenvalue weighted by atomic mass is 10.5. The van der Waals surface area contributed by atoms with E-state index in [-0.39, 0.29) is 24.0 Å². The van der Waals surface area contributed by atoms with E-state index < -0.39 is 15.8 Å². The van der Waals surface area contributed by atoms with Gasteiger partial charge in [0.15, 0.2) is 0 Å². The Bertz CT molecular complexity index is 502. The average molecular weight is 259 g/mol. The Kier molecular flexibility index (Phi) is 3.41. The quantitative estimate of drug-likeness (QED) is 0.827. The molecule has 1 saturated carbocycles. The maximum atomic E-state index is 13.0. The molecule has 1 fully saturated rings. The molecular weight excluding hydrogens is 245 g/mol. The molecule has 0 saturated heterocycles. The van der Waals surface area contributed by atoms with Gasteiger partial charge in [-0.2, -0.15) is 4.31 Å². The second kappa shape index (κ2) is 4.67. The molecule has 0 radical (unpaired) electrons. The Balaban J connectivity index is 2.33. The highest BCUT2D eigenvalue weighted by Gasteiger charge is 2.37. The largest absolute Gasteiger partial charge is 0.329 e. The van der Waals surface area contributed by atoms with Crippen molar-refractivity contribution in [2.45, 2.75) is 23.8 Å². The Morgan fingerprint density at radius 1 is 1.47 bits per heavy atom. The van der Waals surface area contributed by atoms with Gasteiger partial charge in [-0.05, 0) is 18.9 Å². The monoisotopic (exact) mass is 259 g/mol. The summed E-state index contributed by atoms with van der Waals surface area (Å²) >= 11 is 0. The number of pyridine rings is 1. The minimum absolute atomic E-state index is 0.00631. The highest BCUT2D eigenvalue weighted by molar-refractivity contribution is 7.89. The van der Waals surface area contributed by atoms with Gasteiger partial charge in [0.25, 0.3) is 0 Å². The van der Waals surface area contributed by atoms with Crippen LogP contribution in [0, 0.1) is 5.82 Å². The molecule has 0 amide bonds. The maximum absolute atomic E-state index is 13.0. The number of hydrogen-bond acceptors (Lipinski definition) is 4. The van der Waals surface area contributed by atoms with E-state index in [9.17, 15) is 12.8 Å². The van der Waals surface area contributed by atoms with E-state index in [2.05, 4.69) is 4.98 Å². The molecule has 0 bridgehead atoms. The Labute approximate surface area is 99.5 Å². The molecule has 1 aliphatic rings. The Hall–Kier alpha value is -1.05. The minimum atomic E-state index is -3.67. The highest BCUT2D eigenvalue weighted by atomic mass is 32.2. The van der Waals surface area contributed by atoms with Crippen LogP contribution in [0.2, 0.25) is 0 Å². The van der Waals surface area contributed by atoms with Crippen LogP contribution in [0.25, 0.3) is 0 Å². The zero-order chi connectivity index (χ0) is 12.5. The number of halogens is 1. The summed E-state index contributed by atoms with van der Waals surface area (Å²) in [5.41, 5.74) is 5.40. The lowest BCUT2D eigenvalue weighted by Crippen LogP contribution is -2.37. The lowest BCUT2D eigenvalue weighted by Gasteiger charge is -2.20. The van der Waals surface area contributed by atoms with Crippen LogP contribution < -0.4 is 5.73 Å². The van der Waals surface area contributed by atoms with Crippen LogP contribution in [0.5, 0.6) is 0 Å². The predicted molar refractivity (Wildman–Crippen MR) is 60.2 cm³/mol. The van der Waals surface area contributed by atoms with E-state index in [0.29, 0.717) is 0 Å². The second-order valence-corrected chi connectivity index (χ2v) is 5.87. The third-order valence-corrected chi connectivity index (χ3v) is 4.51. The first-order valence-corrected chi connectivity index (χ1v) is 6.82. The van der Waals surface area contributed by atoms with Gasteiger partial charge in [-0.1, -0.05) is 0 Å². The number of rotatable bonds is 5. The highest BCUT2D eigenvalue weighted by Crippen LogP contribution is 2.31. The minimum Gasteiger partial charge on any atom is -0.329 e. The number of nitrogens with two attached hydrogens (primary N) is 1. The first kappa shape index (κ1) is 12.4. The molecule has 0 spiro atoms. The summed E-state index contributed by atoms with van der Waals surface area (Å²) in [4.78, 5) is 3.45. The fourth-order valence-corrected chi connectivity index (χ4v) is 3.33. The van der Waals surface area contributed by atoms with Crippen LogP contribution in [-0.4, -0.2) is 36.8 Å². The van der Waals surface area contributed by atoms with Gasteiger partial charge in [0.2, 0.25) is 10.0 Å². The second-order valence-electron chi connectivity index (χ2n) is 3.97. The molecule has 2 rings (SSSR count). The van der Waals surface area contributed by atoms with Crippen molar-refractivity contribution in [2.75, 3.05) is 13.1 Å². The van der Waals surface area contributed by atoms with Gasteiger partial charge in [0, 0.05) is 25.3 Å². The van der Waals surface area contributed by atoms with E-state index in [1.165, 1.54) is 4.31 Å². The first-order valence-electron chi connectivity index (χ1n) is 5.38. The predicted octanol–water partition coefficient (Wildman–Crippen LogP) is 0.332. The van der Waals surface area contributed by atoms with Crippen LogP contribution in [-0.2, 0) is 10.0 Å². The zero-order valence-electron chi connectivity index (χ0n) is 9.21. The molecule has 7 heteroatoms. The van der Waals surface area contributed by atoms with E-state index >= 15 is 0 Å². The number of nitrogens with zero attached hydrogens (tertiary/aromatic N) is 2. The molecule has 0 aliphatic heterocycles. The molecule has 1 aliphatic carbocycles. The molecule has 17 heavy (non-hydrogen) atoms. The molecule has 1 aromatic rings. The third kappa shape index (κ3) is 2.62. The van der Waals surface area contributed by atoms with Gasteiger partial charge >= 0.3 is 0 Å². The summed E-state index contributed by atoms with van der Waals surface area (Å²) in [5, 5.41) is 0. The molecule has 2 N–H and O–H groups in total. The van der Waals surface area contributed by atoms with Gasteiger partial charge in [-0.25, -0.2) is 12.8 Å². The molecule has 1 aromatic heterocycles. The normalized spacial score (nSPS) is 16.4. The first-order chi connectivity index (χ1) is 8.05. The summed E-state index contributed by atoms with van der Waals surface area (Å²) < 4.78 is 38.8. The number of aromatic nitrogens is 1. The van der Waals surface area contributed by atoms with Gasteiger partial charge in [-0.3, -0.25) is 4.98 Å². The van der Waals surface area contributed by atoms with Crippen molar-refractivity contribution in [3.05, 3.63) is 24.3 Å². The lowest BCUT2D eigenvalue weighted by molar-refractivity contribution is 0.411. The molecular formula is C10H14FN3O2S. The molecule has 0 unspecified atom stereocenters. The molecule has 0 atom stereocenters. The average Bonchev–Trinajstić information content (AvgIpc) is 3.09. The topological polar surface area (TPSA) is 76.3 Å². The summed E-state index contributed by atoms with van der Waals surface area (Å²) in [6.45, 7) is 0.502. The van der Waals surface area contributed by atoms with Crippen molar-refractivity contribution in [1.29, 1.82) is 0 Å². The smallest absolute Gasteiger partial charge is 0.245 e. The van der Waals surface area contributed by atoms with Crippen LogP contribution in [0.15, 0.2) is 23.4 Å². The van der Waals surface area contributed by atoms with Crippen LogP contribution >= 0.6 is 0 Å². The summed E-state index contributed by atoms with van der Waals surface area (Å²) in [7, 11) is -3.67. The van der Waals surface area contributed by atoms with Crippen molar-refractivity contribution in [2.24, 2.45) is 5.73 Å². The van der Waals surface area contributed by atoms with Crippen LogP contribution in [0.3, 0.4) is 0 Å². The van der Waals surface area contributed by atoms with E-state index in [4.69, 9.17) is 5.73 Å². The fraction of sp³-hybridized carbons (Fsp3) is 0.500. The van der Waals surface area contributed by atoms with Gasteiger partial charge in [0.05, 0.1) is 6.20 Å². The van der Waals surface area contributed by atoms with Crippen LogP contribution in [0.1, 0.15) is 12.8 Å². The standard InChI is InChI=1S/C10H14FN3O2S/c11-8-5-10(7-13-6-8)17(15,16)14(4-3-12)9-1-2-9/h5-7,9H,1-4,12H2. The Morgan fingerprint density at radius 3 is 2.71 bits per heavy atom. The third-order valence-electron chi connectivity index (χ3n) is 2.59. The molecule has 0 aromatic carbocycles. The maximum Gasteiger partial charge on any atom is 0.245 e. The SMILES string of the molecule is NCCN(C1CC1)S(=O)(=O)c1cncc(F)c1. The Morgan fingerprint density at radius 2 is 2.18 bits per heavy atom. The van der Waals surface area contributed by atoms with Crippen molar-refractivity contribution in [3.63, 3.8) is 0 Å². The summed E-state index contributed by atoms with van der Waals surface area (Å²) in [6.07, 6.45) is 3.80. The zero-order valence-corrected chi connectivity index (χ0v) is 10.0. The van der Waals surface area contributed by atoms with Crippen molar-refractivity contribution in [3.8, 4) is 0 Å². The molecule has 1 heterocycles. The van der Waals surface area contributed by atoms with Crippen LogP contribution in [0.4, 0.5) is 4.39 Å². The molecule has 5 nitrogen and oxygen atoms in total. The summed E-state index contributed by atoms with van der Waals surface area (Å²) in [5.74, 6) is -0.658. The van der Waals surface area contributed by atoms with E-state index in [1.54, 1.807) is 0 Å². The van der Waals surface area contributed by atoms with Gasteiger partial charge in [-0.15, -0.1) is 0 Å². The van der Waals surface area contributed by atoms with Crippen molar-refractivity contribution < 1.29 is 12.8 Å². The number of sulfonamides is 1. The molecule has 94 valence electrons. The van der Waals surface area contributed by atoms with Crippen molar-refractivity contribution >= 4 is 10.0 Å². The summed E-state index contributed by atoms with van der Waals surface area (Å²) in [6, 6.07) is 0.987. The van der Waals surface area contributed by atoms with Gasteiger partial charge < -0.3 is 5.73 Å². The number of hydrogen-bond donors (Lipinski definition) is 1.